The fourth-order valence-electron chi connectivity index (χ4n) is 1.22. The molecule has 1 heterocycles. The second-order valence-corrected chi connectivity index (χ2v) is 5.82. The average molecular weight is 294 g/mol. The van der Waals surface area contributed by atoms with Gasteiger partial charge in [-0.05, 0) is 34.5 Å². The third-order valence-corrected chi connectivity index (χ3v) is 3.60. The van der Waals surface area contributed by atoms with Crippen molar-refractivity contribution >= 4 is 27.3 Å². The number of thiophene rings is 1. The molecule has 15 heavy (non-hydrogen) atoms. The van der Waals surface area contributed by atoms with Crippen molar-refractivity contribution in [1.29, 1.82) is 0 Å². The summed E-state index contributed by atoms with van der Waals surface area (Å²) < 4.78 is 5.99. The number of halogens is 1. The van der Waals surface area contributed by atoms with Gasteiger partial charge in [0.15, 0.2) is 0 Å². The SMILES string of the molecule is COCC(O)CNCCc1ccc(Br)s1. The van der Waals surface area contributed by atoms with Crippen molar-refractivity contribution < 1.29 is 9.84 Å². The van der Waals surface area contributed by atoms with E-state index < -0.39 is 6.10 Å². The third kappa shape index (κ3) is 5.63. The molecular formula is C10H16BrNO2S. The molecule has 0 saturated carbocycles. The zero-order valence-corrected chi connectivity index (χ0v) is 11.1. The predicted octanol–water partition coefficient (Wildman–Crippen LogP) is 1.65. The molecule has 3 nitrogen and oxygen atoms in total. The van der Waals surface area contributed by atoms with Gasteiger partial charge in [-0.1, -0.05) is 0 Å². The number of aliphatic hydroxyl groups is 1. The minimum atomic E-state index is -0.412. The van der Waals surface area contributed by atoms with Crippen molar-refractivity contribution in [3.05, 3.63) is 20.8 Å². The van der Waals surface area contributed by atoms with E-state index >= 15 is 0 Å². The van der Waals surface area contributed by atoms with Gasteiger partial charge in [0.2, 0.25) is 0 Å². The Bertz CT molecular complexity index is 280. The highest BCUT2D eigenvalue weighted by Gasteiger charge is 2.02. The number of methoxy groups -OCH3 is 1. The number of rotatable bonds is 7. The lowest BCUT2D eigenvalue weighted by Crippen LogP contribution is -2.31. The molecule has 0 amide bonds. The summed E-state index contributed by atoms with van der Waals surface area (Å²) in [4.78, 5) is 1.34. The lowest BCUT2D eigenvalue weighted by molar-refractivity contribution is 0.0648. The van der Waals surface area contributed by atoms with Gasteiger partial charge in [0.05, 0.1) is 16.5 Å². The average Bonchev–Trinajstić information content (AvgIpc) is 2.60. The molecule has 1 aromatic heterocycles. The minimum absolute atomic E-state index is 0.386. The Balaban J connectivity index is 2.06. The molecule has 0 aliphatic heterocycles. The first-order valence-electron chi connectivity index (χ1n) is 4.84. The largest absolute Gasteiger partial charge is 0.389 e. The van der Waals surface area contributed by atoms with Gasteiger partial charge in [-0.2, -0.15) is 0 Å². The fraction of sp³-hybridized carbons (Fsp3) is 0.600. The normalized spacial score (nSPS) is 13.0. The standard InChI is InChI=1S/C10H16BrNO2S/c1-14-7-8(13)6-12-5-4-9-2-3-10(11)15-9/h2-3,8,12-13H,4-7H2,1H3. The van der Waals surface area contributed by atoms with E-state index in [1.165, 1.54) is 4.88 Å². The summed E-state index contributed by atoms with van der Waals surface area (Å²) in [5, 5.41) is 12.5. The van der Waals surface area contributed by atoms with Crippen molar-refractivity contribution in [3.63, 3.8) is 0 Å². The van der Waals surface area contributed by atoms with Crippen LogP contribution in [-0.4, -0.2) is 38.0 Å². The Labute approximate surface area is 103 Å². The van der Waals surface area contributed by atoms with Gasteiger partial charge in [0.25, 0.3) is 0 Å². The highest BCUT2D eigenvalue weighted by atomic mass is 79.9. The van der Waals surface area contributed by atoms with Crippen LogP contribution in [0.2, 0.25) is 0 Å². The smallest absolute Gasteiger partial charge is 0.0897 e. The first kappa shape index (κ1) is 13.1. The molecule has 1 aromatic rings. The van der Waals surface area contributed by atoms with E-state index in [1.807, 2.05) is 0 Å². The molecule has 0 saturated heterocycles. The van der Waals surface area contributed by atoms with Gasteiger partial charge in [-0.25, -0.2) is 0 Å². The Hall–Kier alpha value is 0.0600. The highest BCUT2D eigenvalue weighted by molar-refractivity contribution is 9.11. The molecule has 1 rings (SSSR count). The van der Waals surface area contributed by atoms with Crippen LogP contribution in [0.5, 0.6) is 0 Å². The maximum Gasteiger partial charge on any atom is 0.0897 e. The molecule has 0 aliphatic carbocycles. The van der Waals surface area contributed by atoms with Crippen LogP contribution in [0.1, 0.15) is 4.88 Å². The first-order chi connectivity index (χ1) is 7.22. The zero-order chi connectivity index (χ0) is 11.1. The van der Waals surface area contributed by atoms with Gasteiger partial charge in [-0.3, -0.25) is 0 Å². The number of hydrogen-bond acceptors (Lipinski definition) is 4. The molecule has 0 bridgehead atoms. The van der Waals surface area contributed by atoms with Crippen LogP contribution in [-0.2, 0) is 11.2 Å². The summed E-state index contributed by atoms with van der Waals surface area (Å²) in [6, 6.07) is 4.17. The Morgan fingerprint density at radius 3 is 3.00 bits per heavy atom. The lowest BCUT2D eigenvalue weighted by atomic mass is 10.3. The van der Waals surface area contributed by atoms with Crippen LogP contribution in [0.3, 0.4) is 0 Å². The van der Waals surface area contributed by atoms with Gasteiger partial charge in [0, 0.05) is 25.1 Å². The fourth-order valence-corrected chi connectivity index (χ4v) is 2.70. The summed E-state index contributed by atoms with van der Waals surface area (Å²) >= 11 is 5.17. The van der Waals surface area contributed by atoms with Crippen molar-refractivity contribution in [3.8, 4) is 0 Å². The summed E-state index contributed by atoms with van der Waals surface area (Å²) in [5.74, 6) is 0. The Morgan fingerprint density at radius 1 is 1.60 bits per heavy atom. The zero-order valence-electron chi connectivity index (χ0n) is 8.70. The maximum atomic E-state index is 9.36. The predicted molar refractivity (Wildman–Crippen MR) is 66.5 cm³/mol. The second kappa shape index (κ2) is 7.35. The summed E-state index contributed by atoms with van der Waals surface area (Å²) in [7, 11) is 1.59. The van der Waals surface area contributed by atoms with Gasteiger partial charge < -0.3 is 15.2 Å². The van der Waals surface area contributed by atoms with E-state index in [2.05, 4.69) is 33.4 Å². The summed E-state index contributed by atoms with van der Waals surface area (Å²) in [6.45, 7) is 1.85. The molecule has 86 valence electrons. The van der Waals surface area contributed by atoms with Gasteiger partial charge in [0.1, 0.15) is 0 Å². The van der Waals surface area contributed by atoms with Gasteiger partial charge >= 0.3 is 0 Å². The van der Waals surface area contributed by atoms with E-state index in [9.17, 15) is 5.11 Å². The maximum absolute atomic E-state index is 9.36. The topological polar surface area (TPSA) is 41.5 Å². The van der Waals surface area contributed by atoms with Crippen LogP contribution in [0.15, 0.2) is 15.9 Å². The van der Waals surface area contributed by atoms with Crippen LogP contribution < -0.4 is 5.32 Å². The molecule has 0 fully saturated rings. The molecule has 0 aliphatic rings. The number of ether oxygens (including phenoxy) is 1. The highest BCUT2D eigenvalue weighted by Crippen LogP contribution is 2.21. The van der Waals surface area contributed by atoms with Crippen LogP contribution >= 0.6 is 27.3 Å². The van der Waals surface area contributed by atoms with Crippen LogP contribution in [0, 0.1) is 0 Å². The molecule has 0 radical (unpaired) electrons. The van der Waals surface area contributed by atoms with Crippen molar-refractivity contribution in [1.82, 2.24) is 5.32 Å². The lowest BCUT2D eigenvalue weighted by Gasteiger charge is -2.09. The molecular weight excluding hydrogens is 278 g/mol. The van der Waals surface area contributed by atoms with E-state index in [4.69, 9.17) is 4.74 Å². The van der Waals surface area contributed by atoms with Gasteiger partial charge in [-0.15, -0.1) is 11.3 Å². The van der Waals surface area contributed by atoms with Crippen molar-refractivity contribution in [2.45, 2.75) is 12.5 Å². The molecule has 1 atom stereocenters. The van der Waals surface area contributed by atoms with Crippen molar-refractivity contribution in [2.75, 3.05) is 26.8 Å². The molecule has 5 heteroatoms. The Morgan fingerprint density at radius 2 is 2.40 bits per heavy atom. The minimum Gasteiger partial charge on any atom is -0.389 e. The third-order valence-electron chi connectivity index (χ3n) is 1.92. The van der Waals surface area contributed by atoms with Crippen LogP contribution in [0.25, 0.3) is 0 Å². The van der Waals surface area contributed by atoms with E-state index in [-0.39, 0.29) is 0 Å². The molecule has 0 aromatic carbocycles. The van der Waals surface area contributed by atoms with Crippen molar-refractivity contribution in [2.24, 2.45) is 0 Å². The van der Waals surface area contributed by atoms with E-state index in [1.54, 1.807) is 18.4 Å². The first-order valence-corrected chi connectivity index (χ1v) is 6.45. The molecule has 0 spiro atoms. The summed E-state index contributed by atoms with van der Waals surface area (Å²) in [5.41, 5.74) is 0. The quantitative estimate of drug-likeness (QED) is 0.751. The monoisotopic (exact) mass is 293 g/mol. The molecule has 1 unspecified atom stereocenters. The number of nitrogens with one attached hydrogen (secondary N) is 1. The molecule has 2 N–H and O–H groups in total. The number of hydrogen-bond donors (Lipinski definition) is 2. The number of aliphatic hydroxyl groups excluding tert-OH is 1. The second-order valence-electron chi connectivity index (χ2n) is 3.27. The van der Waals surface area contributed by atoms with E-state index in [0.29, 0.717) is 13.2 Å². The Kier molecular flexibility index (Phi) is 6.43. The van der Waals surface area contributed by atoms with Crippen LogP contribution in [0.4, 0.5) is 0 Å². The van der Waals surface area contributed by atoms with E-state index in [0.717, 1.165) is 16.8 Å². The summed E-state index contributed by atoms with van der Waals surface area (Å²) in [6.07, 6.45) is 0.584.